The first kappa shape index (κ1) is 9.93. The van der Waals surface area contributed by atoms with Gasteiger partial charge in [0.15, 0.2) is 0 Å². The second-order valence-corrected chi connectivity index (χ2v) is 4.42. The van der Waals surface area contributed by atoms with Crippen molar-refractivity contribution in [2.24, 2.45) is 5.92 Å². The zero-order valence-electron chi connectivity index (χ0n) is 8.57. The highest BCUT2D eigenvalue weighted by Gasteiger charge is 2.35. The Morgan fingerprint density at radius 1 is 1.50 bits per heavy atom. The smallest absolute Gasteiger partial charge is 0.240 e. The Bertz CT molecular complexity index is 232. The predicted molar refractivity (Wildman–Crippen MR) is 52.8 cm³/mol. The van der Waals surface area contributed by atoms with Gasteiger partial charge in [-0.15, -0.1) is 0 Å². The van der Waals surface area contributed by atoms with Crippen LogP contribution in [0.2, 0.25) is 0 Å². The van der Waals surface area contributed by atoms with E-state index in [-0.39, 0.29) is 18.1 Å². The van der Waals surface area contributed by atoms with E-state index in [4.69, 9.17) is 0 Å². The molecule has 2 N–H and O–H groups in total. The molecule has 3 atom stereocenters. The predicted octanol–water partition coefficient (Wildman–Crippen LogP) is -0.422. The van der Waals surface area contributed by atoms with E-state index in [1.54, 1.807) is 4.90 Å². The molecule has 0 bridgehead atoms. The first-order valence-corrected chi connectivity index (χ1v) is 5.38. The number of amides is 1. The van der Waals surface area contributed by atoms with E-state index in [1.165, 1.54) is 0 Å². The van der Waals surface area contributed by atoms with Gasteiger partial charge in [-0.1, -0.05) is 6.92 Å². The third-order valence-electron chi connectivity index (χ3n) is 3.27. The highest BCUT2D eigenvalue weighted by Crippen LogP contribution is 2.19. The minimum absolute atomic E-state index is 0.0136. The van der Waals surface area contributed by atoms with Crippen molar-refractivity contribution >= 4 is 5.91 Å². The third-order valence-corrected chi connectivity index (χ3v) is 3.27. The summed E-state index contributed by atoms with van der Waals surface area (Å²) in [5, 5.41) is 12.6. The van der Waals surface area contributed by atoms with Crippen molar-refractivity contribution in [3.8, 4) is 0 Å². The van der Waals surface area contributed by atoms with Crippen LogP contribution in [-0.2, 0) is 4.79 Å². The summed E-state index contributed by atoms with van der Waals surface area (Å²) in [6.45, 7) is 4.28. The Labute approximate surface area is 84.3 Å². The molecule has 0 aromatic rings. The maximum absolute atomic E-state index is 12.0. The van der Waals surface area contributed by atoms with Gasteiger partial charge in [0, 0.05) is 13.1 Å². The summed E-state index contributed by atoms with van der Waals surface area (Å²) in [4.78, 5) is 13.7. The zero-order valence-corrected chi connectivity index (χ0v) is 8.57. The van der Waals surface area contributed by atoms with Crippen LogP contribution in [0.1, 0.15) is 19.8 Å². The molecule has 80 valence electrons. The number of hydrogen-bond donors (Lipinski definition) is 2. The molecule has 2 fully saturated rings. The van der Waals surface area contributed by atoms with E-state index in [1.807, 2.05) is 0 Å². The van der Waals surface area contributed by atoms with Gasteiger partial charge in [0.05, 0.1) is 12.1 Å². The molecular formula is C10H18N2O2. The van der Waals surface area contributed by atoms with Crippen molar-refractivity contribution < 1.29 is 9.90 Å². The number of β-amino-alcohol motifs (C(OH)–C–C–N with tert-alkyl or cyclic N) is 1. The molecule has 2 aliphatic rings. The van der Waals surface area contributed by atoms with Crippen LogP contribution in [0.3, 0.4) is 0 Å². The molecule has 2 saturated heterocycles. The van der Waals surface area contributed by atoms with Gasteiger partial charge < -0.3 is 15.3 Å². The molecule has 0 spiro atoms. The lowest BCUT2D eigenvalue weighted by atomic mass is 10.0. The molecule has 0 saturated carbocycles. The van der Waals surface area contributed by atoms with E-state index in [9.17, 15) is 9.90 Å². The van der Waals surface area contributed by atoms with Crippen LogP contribution in [0, 0.1) is 5.92 Å². The number of carbonyl (C=O) groups is 1. The van der Waals surface area contributed by atoms with Gasteiger partial charge in [0.2, 0.25) is 5.91 Å². The van der Waals surface area contributed by atoms with Gasteiger partial charge >= 0.3 is 0 Å². The van der Waals surface area contributed by atoms with Crippen LogP contribution in [0.15, 0.2) is 0 Å². The fraction of sp³-hybridized carbons (Fsp3) is 0.900. The normalized spacial score (nSPS) is 37.9. The van der Waals surface area contributed by atoms with Gasteiger partial charge in [-0.2, -0.15) is 0 Å². The summed E-state index contributed by atoms with van der Waals surface area (Å²) >= 11 is 0. The van der Waals surface area contributed by atoms with E-state index in [0.717, 1.165) is 19.4 Å². The van der Waals surface area contributed by atoms with Crippen LogP contribution >= 0.6 is 0 Å². The topological polar surface area (TPSA) is 52.6 Å². The first-order valence-electron chi connectivity index (χ1n) is 5.38. The van der Waals surface area contributed by atoms with Crippen molar-refractivity contribution in [2.75, 3.05) is 19.6 Å². The van der Waals surface area contributed by atoms with E-state index >= 15 is 0 Å². The van der Waals surface area contributed by atoms with Crippen LogP contribution in [0.4, 0.5) is 0 Å². The Morgan fingerprint density at radius 3 is 2.79 bits per heavy atom. The lowest BCUT2D eigenvalue weighted by Crippen LogP contribution is -2.45. The number of hydrogen-bond acceptors (Lipinski definition) is 3. The fourth-order valence-corrected chi connectivity index (χ4v) is 2.30. The average molecular weight is 198 g/mol. The number of aliphatic hydroxyl groups is 1. The van der Waals surface area contributed by atoms with Gasteiger partial charge in [0.1, 0.15) is 0 Å². The lowest BCUT2D eigenvalue weighted by Gasteiger charge is -2.22. The van der Waals surface area contributed by atoms with Gasteiger partial charge in [0.25, 0.3) is 0 Å². The molecule has 2 rings (SSSR count). The summed E-state index contributed by atoms with van der Waals surface area (Å²) < 4.78 is 0. The quantitative estimate of drug-likeness (QED) is 0.601. The maximum atomic E-state index is 12.0. The SMILES string of the molecule is CC1CCNC1C(=O)N1CC[C@H](O)C1. The minimum atomic E-state index is -0.310. The number of rotatable bonds is 1. The monoisotopic (exact) mass is 198 g/mol. The summed E-state index contributed by atoms with van der Waals surface area (Å²) in [6.07, 6.45) is 1.50. The Kier molecular flexibility index (Phi) is 2.74. The molecule has 0 aliphatic carbocycles. The third kappa shape index (κ3) is 1.77. The molecule has 0 radical (unpaired) electrons. The molecule has 4 heteroatoms. The highest BCUT2D eigenvalue weighted by molar-refractivity contribution is 5.82. The summed E-state index contributed by atoms with van der Waals surface area (Å²) in [7, 11) is 0. The van der Waals surface area contributed by atoms with Crippen molar-refractivity contribution in [1.29, 1.82) is 0 Å². The highest BCUT2D eigenvalue weighted by atomic mass is 16.3. The van der Waals surface area contributed by atoms with Crippen LogP contribution < -0.4 is 5.32 Å². The largest absolute Gasteiger partial charge is 0.391 e. The number of likely N-dealkylation sites (tertiary alicyclic amines) is 1. The first-order chi connectivity index (χ1) is 6.68. The second-order valence-electron chi connectivity index (χ2n) is 4.42. The number of nitrogens with zero attached hydrogens (tertiary/aromatic N) is 1. The summed E-state index contributed by atoms with van der Waals surface area (Å²) in [6, 6.07) is -0.0136. The number of nitrogens with one attached hydrogen (secondary N) is 1. The molecular weight excluding hydrogens is 180 g/mol. The maximum Gasteiger partial charge on any atom is 0.240 e. The second kappa shape index (κ2) is 3.87. The van der Waals surface area contributed by atoms with Crippen molar-refractivity contribution in [1.82, 2.24) is 10.2 Å². The van der Waals surface area contributed by atoms with Gasteiger partial charge in [-0.3, -0.25) is 4.79 Å². The molecule has 2 heterocycles. The molecule has 0 aromatic carbocycles. The average Bonchev–Trinajstić information content (AvgIpc) is 2.73. The summed E-state index contributed by atoms with van der Waals surface area (Å²) in [5.41, 5.74) is 0. The van der Waals surface area contributed by atoms with Gasteiger partial charge in [-0.25, -0.2) is 0 Å². The number of carbonyl (C=O) groups excluding carboxylic acids is 1. The fourth-order valence-electron chi connectivity index (χ4n) is 2.30. The van der Waals surface area contributed by atoms with Crippen molar-refractivity contribution in [2.45, 2.75) is 31.9 Å². The minimum Gasteiger partial charge on any atom is -0.391 e. The van der Waals surface area contributed by atoms with Crippen molar-refractivity contribution in [3.05, 3.63) is 0 Å². The van der Waals surface area contributed by atoms with Crippen LogP contribution in [-0.4, -0.2) is 47.7 Å². The Balaban J connectivity index is 1.94. The van der Waals surface area contributed by atoms with Crippen molar-refractivity contribution in [3.63, 3.8) is 0 Å². The zero-order chi connectivity index (χ0) is 10.1. The molecule has 2 unspecified atom stereocenters. The molecule has 1 amide bonds. The number of aliphatic hydroxyl groups excluding tert-OH is 1. The molecule has 2 aliphatic heterocycles. The van der Waals surface area contributed by atoms with Gasteiger partial charge in [-0.05, 0) is 25.3 Å². The van der Waals surface area contributed by atoms with E-state index in [2.05, 4.69) is 12.2 Å². The standard InChI is InChI=1S/C10H18N2O2/c1-7-2-4-11-9(7)10(14)12-5-3-8(13)6-12/h7-9,11,13H,2-6H2,1H3/t7?,8-,9?/m0/s1. The Hall–Kier alpha value is -0.610. The molecule has 4 nitrogen and oxygen atoms in total. The summed E-state index contributed by atoms with van der Waals surface area (Å²) in [5.74, 6) is 0.604. The van der Waals surface area contributed by atoms with E-state index < -0.39 is 0 Å². The van der Waals surface area contributed by atoms with Crippen LogP contribution in [0.25, 0.3) is 0 Å². The molecule has 0 aromatic heterocycles. The molecule has 14 heavy (non-hydrogen) atoms. The lowest BCUT2D eigenvalue weighted by molar-refractivity contribution is -0.133. The van der Waals surface area contributed by atoms with E-state index in [0.29, 0.717) is 19.0 Å². The van der Waals surface area contributed by atoms with Crippen LogP contribution in [0.5, 0.6) is 0 Å². The Morgan fingerprint density at radius 2 is 2.29 bits per heavy atom.